The third-order valence-corrected chi connectivity index (χ3v) is 3.88. The van der Waals surface area contributed by atoms with Crippen LogP contribution in [0.15, 0.2) is 0 Å². The van der Waals surface area contributed by atoms with Gasteiger partial charge in [0.1, 0.15) is 5.60 Å². The van der Waals surface area contributed by atoms with Crippen molar-refractivity contribution in [1.82, 2.24) is 5.32 Å². The van der Waals surface area contributed by atoms with Crippen molar-refractivity contribution in [2.45, 2.75) is 45.6 Å². The van der Waals surface area contributed by atoms with Gasteiger partial charge in [0.15, 0.2) is 5.41 Å². The van der Waals surface area contributed by atoms with Crippen molar-refractivity contribution in [3.63, 3.8) is 0 Å². The number of ether oxygens (including phenoxy) is 1. The summed E-state index contributed by atoms with van der Waals surface area (Å²) in [4.78, 5) is 12.2. The first-order chi connectivity index (χ1) is 7.85. The van der Waals surface area contributed by atoms with Crippen LogP contribution in [-0.4, -0.2) is 24.7 Å². The molecule has 1 unspecified atom stereocenters. The third kappa shape index (κ3) is 1.93. The first-order valence-electron chi connectivity index (χ1n) is 6.21. The summed E-state index contributed by atoms with van der Waals surface area (Å²) in [5.74, 6) is -0.325. The Morgan fingerprint density at radius 1 is 1.35 bits per heavy atom. The average Bonchev–Trinajstić information content (AvgIpc) is 2.86. The molecule has 0 aromatic carbocycles. The van der Waals surface area contributed by atoms with Crippen LogP contribution in [0.3, 0.4) is 0 Å². The van der Waals surface area contributed by atoms with E-state index < -0.39 is 11.0 Å². The minimum absolute atomic E-state index is 0.116. The van der Waals surface area contributed by atoms with Crippen LogP contribution in [0.25, 0.3) is 0 Å². The van der Waals surface area contributed by atoms with Gasteiger partial charge < -0.3 is 10.1 Å². The molecule has 2 rings (SSSR count). The fraction of sp³-hybridized carbons (Fsp3) is 0.846. The zero-order valence-corrected chi connectivity index (χ0v) is 10.8. The molecule has 0 amide bonds. The summed E-state index contributed by atoms with van der Waals surface area (Å²) in [6.45, 7) is 7.31. The largest absolute Gasteiger partial charge is 0.459 e. The van der Waals surface area contributed by atoms with E-state index in [-0.39, 0.29) is 11.4 Å². The maximum atomic E-state index is 12.2. The zero-order chi connectivity index (χ0) is 12.7. The maximum absolute atomic E-state index is 12.2. The second-order valence-corrected chi connectivity index (χ2v) is 6.23. The number of nitrogens with zero attached hydrogens (tertiary/aromatic N) is 1. The Hall–Kier alpha value is -1.08. The van der Waals surface area contributed by atoms with Crippen LogP contribution < -0.4 is 5.32 Å². The number of piperidine rings is 1. The number of esters is 1. The summed E-state index contributed by atoms with van der Waals surface area (Å²) in [7, 11) is 0. The first kappa shape index (κ1) is 12.4. The first-order valence-corrected chi connectivity index (χ1v) is 6.21. The quantitative estimate of drug-likeness (QED) is 0.703. The molecular formula is C13H20N2O2. The number of nitrogens with one attached hydrogen (secondary N) is 1. The smallest absolute Gasteiger partial charge is 0.327 e. The molecule has 1 saturated carbocycles. The lowest BCUT2D eigenvalue weighted by Gasteiger charge is -2.27. The maximum Gasteiger partial charge on any atom is 0.327 e. The molecule has 4 heteroatoms. The second-order valence-electron chi connectivity index (χ2n) is 6.23. The number of carbonyl (C=O) groups is 1. The molecule has 2 fully saturated rings. The number of hydrogen-bond acceptors (Lipinski definition) is 4. The van der Waals surface area contributed by atoms with E-state index in [0.717, 1.165) is 25.9 Å². The molecule has 1 aliphatic carbocycles. The Labute approximate surface area is 102 Å². The van der Waals surface area contributed by atoms with Crippen LogP contribution in [0.5, 0.6) is 0 Å². The molecule has 0 radical (unpaired) electrons. The van der Waals surface area contributed by atoms with Gasteiger partial charge in [0.25, 0.3) is 0 Å². The van der Waals surface area contributed by atoms with Gasteiger partial charge in [-0.05, 0) is 53.1 Å². The van der Waals surface area contributed by atoms with E-state index in [2.05, 4.69) is 11.4 Å². The molecule has 1 heterocycles. The lowest BCUT2D eigenvalue weighted by atomic mass is 9.85. The molecular weight excluding hydrogens is 216 g/mol. The Bertz CT molecular complexity index is 372. The molecule has 1 N–H and O–H groups in total. The van der Waals surface area contributed by atoms with Gasteiger partial charge in [-0.1, -0.05) is 0 Å². The highest BCUT2D eigenvalue weighted by Crippen LogP contribution is 2.68. The molecule has 94 valence electrons. The third-order valence-electron chi connectivity index (χ3n) is 3.88. The monoisotopic (exact) mass is 236 g/mol. The van der Waals surface area contributed by atoms with Gasteiger partial charge >= 0.3 is 5.97 Å². The zero-order valence-electron chi connectivity index (χ0n) is 10.8. The molecule has 1 spiro atoms. The van der Waals surface area contributed by atoms with E-state index in [9.17, 15) is 10.1 Å². The summed E-state index contributed by atoms with van der Waals surface area (Å²) < 4.78 is 5.40. The highest BCUT2D eigenvalue weighted by atomic mass is 16.6. The van der Waals surface area contributed by atoms with E-state index in [4.69, 9.17) is 4.74 Å². The van der Waals surface area contributed by atoms with Crippen molar-refractivity contribution < 1.29 is 9.53 Å². The molecule has 17 heavy (non-hydrogen) atoms. The van der Waals surface area contributed by atoms with E-state index in [1.807, 2.05) is 20.8 Å². The highest BCUT2D eigenvalue weighted by molar-refractivity contribution is 5.85. The van der Waals surface area contributed by atoms with E-state index in [1.54, 1.807) is 0 Å². The molecule has 2 aliphatic rings. The van der Waals surface area contributed by atoms with Gasteiger partial charge in [0.05, 0.1) is 6.07 Å². The van der Waals surface area contributed by atoms with E-state index in [1.165, 1.54) is 0 Å². The van der Waals surface area contributed by atoms with Crippen molar-refractivity contribution >= 4 is 5.97 Å². The molecule has 4 nitrogen and oxygen atoms in total. The van der Waals surface area contributed by atoms with Crippen molar-refractivity contribution in [2.24, 2.45) is 10.8 Å². The predicted molar refractivity (Wildman–Crippen MR) is 63.0 cm³/mol. The second kappa shape index (κ2) is 3.71. The van der Waals surface area contributed by atoms with Crippen molar-refractivity contribution in [3.05, 3.63) is 0 Å². The minimum atomic E-state index is -0.873. The number of rotatable bonds is 1. The minimum Gasteiger partial charge on any atom is -0.459 e. The molecule has 1 saturated heterocycles. The molecule has 0 bridgehead atoms. The van der Waals surface area contributed by atoms with Crippen molar-refractivity contribution in [3.8, 4) is 6.07 Å². The lowest BCUT2D eigenvalue weighted by Crippen LogP contribution is -2.37. The number of carbonyl (C=O) groups excluding carboxylic acids is 1. The van der Waals surface area contributed by atoms with E-state index in [0.29, 0.717) is 6.42 Å². The van der Waals surface area contributed by atoms with Gasteiger partial charge in [0.2, 0.25) is 0 Å². The van der Waals surface area contributed by atoms with Gasteiger partial charge in [-0.25, -0.2) is 0 Å². The summed E-state index contributed by atoms with van der Waals surface area (Å²) in [6.07, 6.45) is 2.48. The average molecular weight is 236 g/mol. The summed E-state index contributed by atoms with van der Waals surface area (Å²) >= 11 is 0. The molecule has 0 aromatic heterocycles. The molecule has 1 atom stereocenters. The van der Waals surface area contributed by atoms with Crippen molar-refractivity contribution in [2.75, 3.05) is 13.1 Å². The fourth-order valence-corrected chi connectivity index (χ4v) is 2.83. The lowest BCUT2D eigenvalue weighted by molar-refractivity contribution is -0.161. The predicted octanol–water partition coefficient (Wildman–Crippen LogP) is 1.61. The number of hydrogen-bond donors (Lipinski definition) is 1. The fourth-order valence-electron chi connectivity index (χ4n) is 2.83. The van der Waals surface area contributed by atoms with Gasteiger partial charge in [-0.3, -0.25) is 4.79 Å². The SMILES string of the molecule is CC(C)(C)OC(=O)C1(C#N)CC12CCNCC2. The van der Waals surface area contributed by atoms with Crippen LogP contribution in [0.2, 0.25) is 0 Å². The standard InChI is InChI=1S/C13H20N2O2/c1-11(2,3)17-10(16)13(9-14)8-12(13)4-6-15-7-5-12/h15H,4-8H2,1-3H3. The Balaban J connectivity index is 2.13. The van der Waals surface area contributed by atoms with Crippen LogP contribution in [0.1, 0.15) is 40.0 Å². The molecule has 1 aliphatic heterocycles. The van der Waals surface area contributed by atoms with E-state index >= 15 is 0 Å². The van der Waals surface area contributed by atoms with Crippen molar-refractivity contribution in [1.29, 1.82) is 5.26 Å². The Morgan fingerprint density at radius 3 is 2.41 bits per heavy atom. The molecule has 0 aromatic rings. The van der Waals surface area contributed by atoms with Gasteiger partial charge in [-0.15, -0.1) is 0 Å². The summed E-state index contributed by atoms with van der Waals surface area (Å²) in [5, 5.41) is 12.6. The van der Waals surface area contributed by atoms with Crippen LogP contribution in [-0.2, 0) is 9.53 Å². The Morgan fingerprint density at radius 2 is 1.94 bits per heavy atom. The van der Waals surface area contributed by atoms with Crippen LogP contribution in [0.4, 0.5) is 0 Å². The topological polar surface area (TPSA) is 62.1 Å². The van der Waals surface area contributed by atoms with Gasteiger partial charge in [0, 0.05) is 5.41 Å². The van der Waals surface area contributed by atoms with Gasteiger partial charge in [-0.2, -0.15) is 5.26 Å². The normalized spacial score (nSPS) is 30.7. The Kier molecular flexibility index (Phi) is 2.70. The van der Waals surface area contributed by atoms with Crippen LogP contribution in [0, 0.1) is 22.2 Å². The highest BCUT2D eigenvalue weighted by Gasteiger charge is 2.73. The number of nitriles is 1. The summed E-state index contributed by atoms with van der Waals surface area (Å²) in [6, 6.07) is 2.23. The van der Waals surface area contributed by atoms with Crippen LogP contribution >= 0.6 is 0 Å². The summed E-state index contributed by atoms with van der Waals surface area (Å²) in [5.41, 5.74) is -1.50.